The summed E-state index contributed by atoms with van der Waals surface area (Å²) in [5.41, 5.74) is -1.00. The van der Waals surface area contributed by atoms with E-state index >= 15 is 0 Å². The van der Waals surface area contributed by atoms with Crippen LogP contribution in [0.3, 0.4) is 0 Å². The van der Waals surface area contributed by atoms with Gasteiger partial charge in [-0.05, 0) is 87.8 Å². The Bertz CT molecular complexity index is 941. The van der Waals surface area contributed by atoms with E-state index in [9.17, 15) is 19.2 Å². The zero-order chi connectivity index (χ0) is 31.0. The first-order valence-electron chi connectivity index (χ1n) is 15.0. The van der Waals surface area contributed by atoms with Crippen LogP contribution >= 0.6 is 0 Å². The number of unbranched alkanes of at least 4 members (excludes halogenated alkanes) is 8. The topological polar surface area (TPSA) is 105 Å². The second kappa shape index (κ2) is 22.7. The van der Waals surface area contributed by atoms with E-state index in [1.54, 1.807) is 24.3 Å². The molecule has 0 bridgehead atoms. The van der Waals surface area contributed by atoms with Gasteiger partial charge in [0, 0.05) is 0 Å². The summed E-state index contributed by atoms with van der Waals surface area (Å²) < 4.78 is 21.0. The molecule has 0 saturated heterocycles. The predicted octanol–water partition coefficient (Wildman–Crippen LogP) is 9.13. The average molecular weight is 583 g/mol. The summed E-state index contributed by atoms with van der Waals surface area (Å²) in [7, 11) is 0. The van der Waals surface area contributed by atoms with Crippen molar-refractivity contribution < 1.29 is 38.1 Å². The van der Waals surface area contributed by atoms with Crippen LogP contribution in [-0.2, 0) is 18.9 Å². The maximum absolute atomic E-state index is 13.1. The van der Waals surface area contributed by atoms with Gasteiger partial charge in [0.25, 0.3) is 0 Å². The summed E-state index contributed by atoms with van der Waals surface area (Å²) in [6, 6.07) is 2.22. The molecule has 230 valence electrons. The lowest BCUT2D eigenvalue weighted by molar-refractivity contribution is 0.0602. The molecule has 1 aromatic carbocycles. The number of rotatable bonds is 20. The molecule has 0 N–H and O–H groups in total. The van der Waals surface area contributed by atoms with Gasteiger partial charge in [0.15, 0.2) is 0 Å². The van der Waals surface area contributed by atoms with Gasteiger partial charge in [-0.3, -0.25) is 0 Å². The highest BCUT2D eigenvalue weighted by Gasteiger charge is 2.28. The van der Waals surface area contributed by atoms with E-state index < -0.39 is 23.9 Å². The predicted molar refractivity (Wildman–Crippen MR) is 163 cm³/mol. The summed E-state index contributed by atoms with van der Waals surface area (Å²) >= 11 is 0. The Kier molecular flexibility index (Phi) is 19.5. The van der Waals surface area contributed by atoms with Crippen LogP contribution in [0.15, 0.2) is 61.5 Å². The molecule has 8 nitrogen and oxygen atoms in total. The van der Waals surface area contributed by atoms with Gasteiger partial charge >= 0.3 is 23.9 Å². The van der Waals surface area contributed by atoms with Crippen LogP contribution in [0.2, 0.25) is 0 Å². The number of hydrogen-bond acceptors (Lipinski definition) is 8. The molecule has 0 unspecified atom stereocenters. The zero-order valence-corrected chi connectivity index (χ0v) is 25.5. The van der Waals surface area contributed by atoms with Crippen LogP contribution in [0.4, 0.5) is 0 Å². The SMILES string of the molecule is CCCCC=COC(=O)c1cc(C(=O)OC=CCCCC)c(C(=O)OC=CCCCC)cc1C(=O)OC=CCCCC. The summed E-state index contributed by atoms with van der Waals surface area (Å²) in [5.74, 6) is -3.57. The normalized spacial score (nSPS) is 11.5. The van der Waals surface area contributed by atoms with Gasteiger partial charge in [-0.1, -0.05) is 53.4 Å². The van der Waals surface area contributed by atoms with Crippen molar-refractivity contribution >= 4 is 23.9 Å². The molecule has 0 radical (unpaired) electrons. The van der Waals surface area contributed by atoms with Crippen molar-refractivity contribution in [2.24, 2.45) is 0 Å². The van der Waals surface area contributed by atoms with Crippen LogP contribution in [0.25, 0.3) is 0 Å². The highest BCUT2D eigenvalue weighted by Crippen LogP contribution is 2.23. The van der Waals surface area contributed by atoms with Crippen LogP contribution in [0, 0.1) is 0 Å². The summed E-state index contributed by atoms with van der Waals surface area (Å²) in [6.07, 6.45) is 22.2. The standard InChI is InChI=1S/C34H46O8/c1-5-9-13-17-21-39-31(35)27-25-29(33(37)41-23-19-15-11-7-3)30(34(38)42-24-20-16-12-8-4)26-28(27)32(36)40-22-18-14-10-6-2/h17-26H,5-16H2,1-4H3. The fourth-order valence-corrected chi connectivity index (χ4v) is 3.53. The summed E-state index contributed by atoms with van der Waals surface area (Å²) in [4.78, 5) is 52.3. The van der Waals surface area contributed by atoms with E-state index in [1.807, 2.05) is 27.7 Å². The number of esters is 4. The minimum Gasteiger partial charge on any atom is -0.431 e. The minimum atomic E-state index is -0.892. The van der Waals surface area contributed by atoms with Crippen molar-refractivity contribution in [2.45, 2.75) is 105 Å². The van der Waals surface area contributed by atoms with Gasteiger partial charge in [0.2, 0.25) is 0 Å². The molecule has 1 aromatic rings. The van der Waals surface area contributed by atoms with Crippen molar-refractivity contribution in [3.8, 4) is 0 Å². The molecule has 8 heteroatoms. The Hall–Kier alpha value is -3.94. The van der Waals surface area contributed by atoms with Gasteiger partial charge in [-0.15, -0.1) is 0 Å². The first-order chi connectivity index (χ1) is 20.4. The molecule has 0 aliphatic heterocycles. The molecule has 0 atom stereocenters. The Morgan fingerprint density at radius 3 is 0.857 bits per heavy atom. The summed E-state index contributed by atoms with van der Waals surface area (Å²) in [5, 5.41) is 0. The third-order valence-corrected chi connectivity index (χ3v) is 6.02. The molecule has 0 amide bonds. The number of allylic oxidation sites excluding steroid dienone is 4. The molecule has 0 spiro atoms. The largest absolute Gasteiger partial charge is 0.431 e. The van der Waals surface area contributed by atoms with Crippen molar-refractivity contribution in [3.63, 3.8) is 0 Å². The number of carbonyl (C=O) groups is 4. The van der Waals surface area contributed by atoms with E-state index in [-0.39, 0.29) is 22.3 Å². The van der Waals surface area contributed by atoms with E-state index in [2.05, 4.69) is 0 Å². The van der Waals surface area contributed by atoms with Gasteiger partial charge in [-0.2, -0.15) is 0 Å². The monoisotopic (exact) mass is 582 g/mol. The van der Waals surface area contributed by atoms with Crippen LogP contribution in [0.1, 0.15) is 146 Å². The molecule has 1 rings (SSSR count). The van der Waals surface area contributed by atoms with Crippen LogP contribution < -0.4 is 0 Å². The molecule has 0 aromatic heterocycles. The van der Waals surface area contributed by atoms with Gasteiger partial charge in [0.05, 0.1) is 47.3 Å². The van der Waals surface area contributed by atoms with E-state index in [0.29, 0.717) is 25.7 Å². The maximum Gasteiger partial charge on any atom is 0.343 e. The Morgan fingerprint density at radius 1 is 0.452 bits per heavy atom. The average Bonchev–Trinajstić information content (AvgIpc) is 2.99. The van der Waals surface area contributed by atoms with Crippen molar-refractivity contribution in [3.05, 3.63) is 83.7 Å². The zero-order valence-electron chi connectivity index (χ0n) is 25.5. The molecule has 0 aliphatic rings. The second-order valence-corrected chi connectivity index (χ2v) is 9.62. The number of ether oxygens (including phenoxy) is 4. The van der Waals surface area contributed by atoms with Crippen molar-refractivity contribution in [1.29, 1.82) is 0 Å². The van der Waals surface area contributed by atoms with E-state index in [0.717, 1.165) is 63.5 Å². The highest BCUT2D eigenvalue weighted by atomic mass is 16.5. The number of carbonyl (C=O) groups excluding carboxylic acids is 4. The molecule has 42 heavy (non-hydrogen) atoms. The van der Waals surface area contributed by atoms with E-state index in [4.69, 9.17) is 18.9 Å². The molecule has 0 aliphatic carbocycles. The fourth-order valence-electron chi connectivity index (χ4n) is 3.53. The maximum atomic E-state index is 13.1. The van der Waals surface area contributed by atoms with Gasteiger partial charge in [0.1, 0.15) is 0 Å². The van der Waals surface area contributed by atoms with Crippen molar-refractivity contribution in [2.75, 3.05) is 0 Å². The molecule has 0 heterocycles. The second-order valence-electron chi connectivity index (χ2n) is 9.62. The Morgan fingerprint density at radius 2 is 0.667 bits per heavy atom. The lowest BCUT2D eigenvalue weighted by atomic mass is 9.98. The highest BCUT2D eigenvalue weighted by molar-refractivity contribution is 6.10. The van der Waals surface area contributed by atoms with E-state index in [1.165, 1.54) is 25.0 Å². The minimum absolute atomic E-state index is 0.251. The lowest BCUT2D eigenvalue weighted by Gasteiger charge is -2.12. The third kappa shape index (κ3) is 14.1. The lowest BCUT2D eigenvalue weighted by Crippen LogP contribution is -2.18. The molecular formula is C34H46O8. The molecule has 0 fully saturated rings. The first-order valence-corrected chi connectivity index (χ1v) is 15.0. The Labute approximate surface area is 250 Å². The first kappa shape index (κ1) is 36.1. The fraction of sp³-hybridized carbons (Fsp3) is 0.471. The van der Waals surface area contributed by atoms with Gasteiger partial charge in [-0.25, -0.2) is 19.2 Å². The van der Waals surface area contributed by atoms with Crippen LogP contribution in [-0.4, -0.2) is 23.9 Å². The van der Waals surface area contributed by atoms with Gasteiger partial charge < -0.3 is 18.9 Å². The Balaban J connectivity index is 3.52. The number of benzene rings is 1. The smallest absolute Gasteiger partial charge is 0.343 e. The van der Waals surface area contributed by atoms with Crippen LogP contribution in [0.5, 0.6) is 0 Å². The molecular weight excluding hydrogens is 536 g/mol. The summed E-state index contributed by atoms with van der Waals surface area (Å²) in [6.45, 7) is 8.17. The quantitative estimate of drug-likeness (QED) is 0.0648. The molecule has 0 saturated carbocycles. The number of hydrogen-bond donors (Lipinski definition) is 0. The van der Waals surface area contributed by atoms with Crippen molar-refractivity contribution in [1.82, 2.24) is 0 Å². The third-order valence-electron chi connectivity index (χ3n) is 6.02.